The van der Waals surface area contributed by atoms with E-state index in [1.54, 1.807) is 6.20 Å². The van der Waals surface area contributed by atoms with E-state index in [0.29, 0.717) is 28.1 Å². The molecule has 2 aromatic carbocycles. The molecule has 5 aromatic rings. The van der Waals surface area contributed by atoms with Gasteiger partial charge in [0.2, 0.25) is 5.91 Å². The van der Waals surface area contributed by atoms with E-state index in [9.17, 15) is 9.59 Å². The third-order valence-corrected chi connectivity index (χ3v) is 5.04. The number of rotatable bonds is 3. The number of aromatic nitrogens is 4. The van der Waals surface area contributed by atoms with Crippen LogP contribution in [0.2, 0.25) is 0 Å². The first kappa shape index (κ1) is 18.8. The second-order valence-electron chi connectivity index (χ2n) is 7.30. The molecule has 31 heavy (non-hydrogen) atoms. The molecular weight excluding hydrogens is 394 g/mol. The van der Waals surface area contributed by atoms with Gasteiger partial charge in [0.25, 0.3) is 0 Å². The molecule has 8 heteroatoms. The zero-order valence-electron chi connectivity index (χ0n) is 17.2. The molecule has 0 atom stereocenters. The van der Waals surface area contributed by atoms with Crippen molar-refractivity contribution in [2.75, 3.05) is 5.32 Å². The lowest BCUT2D eigenvalue weighted by atomic mass is 10.2. The fraction of sp³-hybridized carbons (Fsp3) is 0.130. The minimum absolute atomic E-state index is 0.137. The predicted molar refractivity (Wildman–Crippen MR) is 118 cm³/mol. The van der Waals surface area contributed by atoms with Crippen molar-refractivity contribution in [1.29, 1.82) is 0 Å². The molecule has 0 saturated carbocycles. The average Bonchev–Trinajstić information content (AvgIpc) is 3.26. The molecule has 0 spiro atoms. The number of carbonyl (C=O) groups excluding carboxylic acids is 2. The molecule has 0 aliphatic carbocycles. The van der Waals surface area contributed by atoms with Crippen molar-refractivity contribution in [2.45, 2.75) is 20.8 Å². The molecule has 5 rings (SSSR count). The van der Waals surface area contributed by atoms with Crippen molar-refractivity contribution in [3.8, 4) is 11.4 Å². The number of benzene rings is 2. The molecule has 0 aliphatic rings. The minimum atomic E-state index is -0.421. The maximum Gasteiger partial charge on any atom is 0.308 e. The van der Waals surface area contributed by atoms with Crippen LogP contribution in [0, 0.1) is 6.92 Å². The summed E-state index contributed by atoms with van der Waals surface area (Å²) >= 11 is 0. The largest absolute Gasteiger partial charge is 0.424 e. The SMILES string of the molecule is CC(=O)Nc1ccc(-n2cc(OC(C)=O)c3c2nc(C)n2c4ccccc4nc32)cc1. The first-order chi connectivity index (χ1) is 14.9. The number of fused-ring (bicyclic) bond motifs is 5. The Kier molecular flexibility index (Phi) is 4.21. The summed E-state index contributed by atoms with van der Waals surface area (Å²) in [6, 6.07) is 15.2. The normalized spacial score (nSPS) is 11.3. The number of hydrogen-bond acceptors (Lipinski definition) is 5. The Labute approximate surface area is 177 Å². The second kappa shape index (κ2) is 6.94. The highest BCUT2D eigenvalue weighted by Crippen LogP contribution is 2.35. The number of nitrogens with zero attached hydrogens (tertiary/aromatic N) is 4. The highest BCUT2D eigenvalue weighted by molar-refractivity contribution is 6.01. The average molecular weight is 413 g/mol. The molecule has 1 amide bonds. The molecule has 3 aromatic heterocycles. The molecule has 0 radical (unpaired) electrons. The Bertz CT molecular complexity index is 1500. The predicted octanol–water partition coefficient (Wildman–Crippen LogP) is 4.02. The third kappa shape index (κ3) is 3.09. The van der Waals surface area contributed by atoms with Gasteiger partial charge in [0.15, 0.2) is 17.0 Å². The van der Waals surface area contributed by atoms with Crippen molar-refractivity contribution in [2.24, 2.45) is 0 Å². The molecule has 154 valence electrons. The van der Waals surface area contributed by atoms with Gasteiger partial charge in [0, 0.05) is 25.2 Å². The van der Waals surface area contributed by atoms with E-state index in [0.717, 1.165) is 22.5 Å². The summed E-state index contributed by atoms with van der Waals surface area (Å²) in [4.78, 5) is 32.7. The second-order valence-corrected chi connectivity index (χ2v) is 7.30. The van der Waals surface area contributed by atoms with Crippen molar-refractivity contribution in [3.63, 3.8) is 0 Å². The number of amides is 1. The summed E-state index contributed by atoms with van der Waals surface area (Å²) in [5.74, 6) is 0.596. The number of ether oxygens (including phenoxy) is 1. The van der Waals surface area contributed by atoms with Crippen molar-refractivity contribution in [3.05, 3.63) is 60.6 Å². The first-order valence-corrected chi connectivity index (χ1v) is 9.77. The van der Waals surface area contributed by atoms with E-state index < -0.39 is 5.97 Å². The number of anilines is 1. The standard InChI is InChI=1S/C23H19N5O3/c1-13-24-22-21(23-26-18-6-4-5-7-19(18)28(13)23)20(31-15(3)30)12-27(22)17-10-8-16(9-11-17)25-14(2)29/h4-12H,1-3H3,(H,25,29). The van der Waals surface area contributed by atoms with E-state index in [1.807, 2.05) is 64.4 Å². The molecule has 0 unspecified atom stereocenters. The third-order valence-electron chi connectivity index (χ3n) is 5.04. The molecule has 0 saturated heterocycles. The van der Waals surface area contributed by atoms with Crippen LogP contribution in [0.1, 0.15) is 19.7 Å². The van der Waals surface area contributed by atoms with Crippen molar-refractivity contribution < 1.29 is 14.3 Å². The van der Waals surface area contributed by atoms with Crippen LogP contribution in [-0.4, -0.2) is 30.8 Å². The number of nitrogens with one attached hydrogen (secondary N) is 1. The van der Waals surface area contributed by atoms with E-state index in [1.165, 1.54) is 13.8 Å². The van der Waals surface area contributed by atoms with Crippen LogP contribution in [0.15, 0.2) is 54.7 Å². The number of aryl methyl sites for hydroxylation is 1. The van der Waals surface area contributed by atoms with Gasteiger partial charge in [-0.25, -0.2) is 9.97 Å². The summed E-state index contributed by atoms with van der Waals surface area (Å²) < 4.78 is 9.37. The zero-order chi connectivity index (χ0) is 21.7. The lowest BCUT2D eigenvalue weighted by Gasteiger charge is -2.08. The number of carbonyl (C=O) groups is 2. The molecular formula is C23H19N5O3. The van der Waals surface area contributed by atoms with Gasteiger partial charge in [-0.3, -0.25) is 18.6 Å². The van der Waals surface area contributed by atoms with E-state index in [-0.39, 0.29) is 5.91 Å². The molecule has 0 aliphatic heterocycles. The summed E-state index contributed by atoms with van der Waals surface area (Å²) in [6.45, 7) is 4.75. The lowest BCUT2D eigenvalue weighted by Crippen LogP contribution is -2.05. The Balaban J connectivity index is 1.80. The smallest absolute Gasteiger partial charge is 0.308 e. The number of imidazole rings is 1. The van der Waals surface area contributed by atoms with Gasteiger partial charge in [-0.1, -0.05) is 12.1 Å². The van der Waals surface area contributed by atoms with Crippen LogP contribution < -0.4 is 10.1 Å². The van der Waals surface area contributed by atoms with Crippen molar-refractivity contribution >= 4 is 45.3 Å². The van der Waals surface area contributed by atoms with Gasteiger partial charge < -0.3 is 10.1 Å². The molecule has 3 heterocycles. The van der Waals surface area contributed by atoms with Crippen LogP contribution in [0.25, 0.3) is 33.4 Å². The molecule has 8 nitrogen and oxygen atoms in total. The highest BCUT2D eigenvalue weighted by atomic mass is 16.5. The summed E-state index contributed by atoms with van der Waals surface area (Å²) in [5, 5.41) is 3.41. The van der Waals surface area contributed by atoms with Gasteiger partial charge in [-0.05, 0) is 43.3 Å². The van der Waals surface area contributed by atoms with Gasteiger partial charge in [-0.15, -0.1) is 0 Å². The first-order valence-electron chi connectivity index (χ1n) is 9.77. The van der Waals surface area contributed by atoms with Crippen LogP contribution in [0.3, 0.4) is 0 Å². The topological polar surface area (TPSA) is 90.5 Å². The minimum Gasteiger partial charge on any atom is -0.424 e. The Morgan fingerprint density at radius 3 is 2.42 bits per heavy atom. The number of para-hydroxylation sites is 2. The Hall–Kier alpha value is -4.20. The van der Waals surface area contributed by atoms with Crippen LogP contribution in [0.4, 0.5) is 5.69 Å². The summed E-state index contributed by atoms with van der Waals surface area (Å²) in [6.07, 6.45) is 1.74. The fourth-order valence-corrected chi connectivity index (χ4v) is 3.86. The maximum absolute atomic E-state index is 11.8. The van der Waals surface area contributed by atoms with Crippen LogP contribution >= 0.6 is 0 Å². The summed E-state index contributed by atoms with van der Waals surface area (Å²) in [7, 11) is 0. The maximum atomic E-state index is 11.8. The molecule has 0 bridgehead atoms. The van der Waals surface area contributed by atoms with Gasteiger partial charge >= 0.3 is 5.97 Å². The lowest BCUT2D eigenvalue weighted by molar-refractivity contribution is -0.131. The number of hydrogen-bond donors (Lipinski definition) is 1. The van der Waals surface area contributed by atoms with E-state index in [4.69, 9.17) is 14.7 Å². The fourth-order valence-electron chi connectivity index (χ4n) is 3.86. The van der Waals surface area contributed by atoms with Gasteiger partial charge in [0.1, 0.15) is 11.2 Å². The molecule has 0 fully saturated rings. The van der Waals surface area contributed by atoms with Gasteiger partial charge in [0.05, 0.1) is 17.2 Å². The highest BCUT2D eigenvalue weighted by Gasteiger charge is 2.21. The van der Waals surface area contributed by atoms with Gasteiger partial charge in [-0.2, -0.15) is 0 Å². The van der Waals surface area contributed by atoms with E-state index >= 15 is 0 Å². The monoisotopic (exact) mass is 413 g/mol. The van der Waals surface area contributed by atoms with E-state index in [2.05, 4.69) is 5.32 Å². The Morgan fingerprint density at radius 2 is 1.71 bits per heavy atom. The van der Waals surface area contributed by atoms with Crippen molar-refractivity contribution in [1.82, 2.24) is 18.9 Å². The quantitative estimate of drug-likeness (QED) is 0.451. The van der Waals surface area contributed by atoms with Crippen LogP contribution in [-0.2, 0) is 9.59 Å². The molecule has 1 N–H and O–H groups in total. The van der Waals surface area contributed by atoms with Crippen LogP contribution in [0.5, 0.6) is 5.75 Å². The zero-order valence-corrected chi connectivity index (χ0v) is 17.2. The summed E-state index contributed by atoms with van der Waals surface area (Å²) in [5.41, 5.74) is 4.58. The number of esters is 1. The Morgan fingerprint density at radius 1 is 0.968 bits per heavy atom.